The molecule has 2 fully saturated rings. The van der Waals surface area contributed by atoms with Crippen molar-refractivity contribution >= 4 is 52.3 Å². The zero-order valence-corrected chi connectivity index (χ0v) is 34.5. The van der Waals surface area contributed by atoms with E-state index < -0.39 is 53.9 Å². The zero-order chi connectivity index (χ0) is 41.9. The maximum absolute atomic E-state index is 16.4. The minimum absolute atomic E-state index is 0.00252. The smallest absolute Gasteiger partial charge is 0.393 e. The Hall–Kier alpha value is -4.41. The number of alkyl halides is 3. The molecule has 1 aliphatic carbocycles. The first kappa shape index (κ1) is 43.2. The number of methoxy groups -OCH3 is 1. The summed E-state index contributed by atoms with van der Waals surface area (Å²) in [4.78, 5) is 50.2. The van der Waals surface area contributed by atoms with Gasteiger partial charge < -0.3 is 19.4 Å². The van der Waals surface area contributed by atoms with E-state index in [1.54, 1.807) is 23.8 Å². The first-order chi connectivity index (χ1) is 27.4. The van der Waals surface area contributed by atoms with Gasteiger partial charge in [0.15, 0.2) is 0 Å². The maximum Gasteiger partial charge on any atom is 0.393 e. The Morgan fingerprint density at radius 3 is 2.66 bits per heavy atom. The van der Waals surface area contributed by atoms with Gasteiger partial charge >= 0.3 is 12.1 Å². The number of nitrogens with zero attached hydrogens (tertiary/aromatic N) is 4. The fourth-order valence-corrected chi connectivity index (χ4v) is 8.70. The molecule has 1 saturated heterocycles. The van der Waals surface area contributed by atoms with Gasteiger partial charge in [-0.05, 0) is 74.8 Å². The van der Waals surface area contributed by atoms with Gasteiger partial charge in [0.1, 0.15) is 17.9 Å². The molecule has 1 aromatic carbocycles. The molecule has 58 heavy (non-hydrogen) atoms. The molecule has 3 aromatic rings. The van der Waals surface area contributed by atoms with Gasteiger partial charge in [-0.1, -0.05) is 33.3 Å². The fourth-order valence-electron chi connectivity index (χ4n) is 7.86. The highest BCUT2D eigenvalue weighted by Gasteiger charge is 2.37. The Balaban J connectivity index is 1.52. The third kappa shape index (κ3) is 10.4. The van der Waals surface area contributed by atoms with Crippen molar-refractivity contribution in [1.82, 2.24) is 25.3 Å². The van der Waals surface area contributed by atoms with E-state index in [4.69, 9.17) is 14.5 Å². The van der Waals surface area contributed by atoms with Crippen LogP contribution in [0, 0.1) is 17.2 Å². The molecule has 11 nitrogen and oxygen atoms in total. The van der Waals surface area contributed by atoms with Gasteiger partial charge in [-0.2, -0.15) is 13.2 Å². The summed E-state index contributed by atoms with van der Waals surface area (Å²) in [5.74, 6) is -1.84. The van der Waals surface area contributed by atoms with Gasteiger partial charge in [0.2, 0.25) is 5.91 Å². The lowest BCUT2D eigenvalue weighted by molar-refractivity contribution is -0.155. The second kappa shape index (κ2) is 17.8. The van der Waals surface area contributed by atoms with Crippen molar-refractivity contribution in [2.75, 3.05) is 20.3 Å². The third-order valence-corrected chi connectivity index (χ3v) is 11.8. The first-order valence-electron chi connectivity index (χ1n) is 19.7. The molecule has 2 amide bonds. The minimum atomic E-state index is -4.66. The van der Waals surface area contributed by atoms with Crippen LogP contribution in [-0.4, -0.2) is 83.2 Å². The number of thiazole rings is 1. The van der Waals surface area contributed by atoms with Crippen molar-refractivity contribution in [2.45, 2.75) is 116 Å². The number of amides is 2. The van der Waals surface area contributed by atoms with Gasteiger partial charge in [-0.15, -0.1) is 11.3 Å². The molecule has 16 heteroatoms. The number of halogens is 4. The predicted octanol–water partition coefficient (Wildman–Crippen LogP) is 7.72. The molecule has 1 saturated carbocycles. The summed E-state index contributed by atoms with van der Waals surface area (Å²) in [6.07, 6.45) is 1.55. The van der Waals surface area contributed by atoms with Crippen molar-refractivity contribution < 1.29 is 41.4 Å². The van der Waals surface area contributed by atoms with E-state index in [-0.39, 0.29) is 65.7 Å². The second-order valence-electron chi connectivity index (χ2n) is 16.5. The number of nitrogens with one attached hydrogen (secondary N) is 2. The SMILES string of the molecule is C=C(C)C=N/C(=C/c1c(CC(F)(F)F)c2cc(F)c3cc2n1CC(C)(C)COC(=O)C1CCCN(N1)C(=O)C(NC(=O)CC1CCCC1)Cc1nc-3cs1)C(C)OC. The Morgan fingerprint density at radius 2 is 1.97 bits per heavy atom. The van der Waals surface area contributed by atoms with Gasteiger partial charge in [0.25, 0.3) is 5.91 Å². The number of carbonyl (C=O) groups excluding carboxylic acids is 3. The molecule has 2 N–H and O–H groups in total. The minimum Gasteiger partial charge on any atom is -0.464 e. The molecular formula is C42H52F4N6O5S. The largest absolute Gasteiger partial charge is 0.464 e. The van der Waals surface area contributed by atoms with Crippen molar-refractivity contribution in [3.05, 3.63) is 57.4 Å². The van der Waals surface area contributed by atoms with Gasteiger partial charge in [-0.25, -0.2) is 14.8 Å². The number of hydrazine groups is 1. The van der Waals surface area contributed by atoms with Gasteiger partial charge in [-0.3, -0.25) is 24.4 Å². The average molecular weight is 829 g/mol. The second-order valence-corrected chi connectivity index (χ2v) is 17.5. The van der Waals surface area contributed by atoms with E-state index in [2.05, 4.69) is 22.3 Å². The van der Waals surface area contributed by atoms with Crippen LogP contribution in [0.4, 0.5) is 17.6 Å². The first-order valence-corrected chi connectivity index (χ1v) is 20.6. The molecular weight excluding hydrogens is 777 g/mol. The van der Waals surface area contributed by atoms with Crippen LogP contribution in [0.3, 0.4) is 0 Å². The summed E-state index contributed by atoms with van der Waals surface area (Å²) < 4.78 is 72.8. The van der Waals surface area contributed by atoms with Crippen molar-refractivity contribution in [3.63, 3.8) is 0 Å². The van der Waals surface area contributed by atoms with Crippen molar-refractivity contribution in [3.8, 4) is 11.3 Å². The van der Waals surface area contributed by atoms with E-state index in [0.29, 0.717) is 41.2 Å². The summed E-state index contributed by atoms with van der Waals surface area (Å²) >= 11 is 1.18. The topological polar surface area (TPSA) is 127 Å². The summed E-state index contributed by atoms with van der Waals surface area (Å²) in [5, 5.41) is 6.41. The lowest BCUT2D eigenvalue weighted by Gasteiger charge is -2.35. The van der Waals surface area contributed by atoms with E-state index in [9.17, 15) is 27.6 Å². The molecule has 3 aliphatic rings. The normalized spacial score (nSPS) is 21.7. The molecule has 0 radical (unpaired) electrons. The number of benzene rings is 1. The summed E-state index contributed by atoms with van der Waals surface area (Å²) in [6, 6.07) is 0.714. The number of hydrogen-bond acceptors (Lipinski definition) is 9. The van der Waals surface area contributed by atoms with Crippen LogP contribution in [-0.2, 0) is 43.2 Å². The van der Waals surface area contributed by atoms with Crippen LogP contribution in [0.1, 0.15) is 88.9 Å². The molecule has 0 spiro atoms. The monoisotopic (exact) mass is 828 g/mol. The zero-order valence-electron chi connectivity index (χ0n) is 33.6. The number of hydrogen-bond donors (Lipinski definition) is 2. The number of ether oxygens (including phenoxy) is 2. The maximum atomic E-state index is 16.4. The number of aliphatic imine (C=N–C) groups is 1. The Morgan fingerprint density at radius 1 is 1.22 bits per heavy atom. The van der Waals surface area contributed by atoms with Crippen LogP contribution < -0.4 is 10.7 Å². The van der Waals surface area contributed by atoms with Crippen LogP contribution >= 0.6 is 11.3 Å². The molecule has 314 valence electrons. The van der Waals surface area contributed by atoms with Crippen molar-refractivity contribution in [1.29, 1.82) is 0 Å². The quantitative estimate of drug-likeness (QED) is 0.129. The van der Waals surface area contributed by atoms with Gasteiger partial charge in [0.05, 0.1) is 35.5 Å². The van der Waals surface area contributed by atoms with E-state index in [1.807, 2.05) is 13.8 Å². The fraction of sp³-hybridized carbons (Fsp3) is 0.548. The standard InChI is InChI=1S/C42H52F4N6O5S/c1-24(2)20-47-32(25(3)56-6)17-36-29(19-42(44,45)46)27-15-30(43)28-16-35(27)51(36)22-41(4,5)23-57-40(55)31-12-9-13-52(50-31)39(54)33(18-38-49-34(28)21-58-38)48-37(53)14-26-10-7-8-11-26/h15-17,20-21,25-26,31,33,50H,1,7-14,18-19,22-23H2,2-6H3,(H,48,53)/b32-17+,47-20?. The lowest BCUT2D eigenvalue weighted by atomic mass is 9.94. The Kier molecular flexibility index (Phi) is 13.3. The van der Waals surface area contributed by atoms with Crippen LogP contribution in [0.25, 0.3) is 28.2 Å². The average Bonchev–Trinajstić information content (AvgIpc) is 3.91. The predicted molar refractivity (Wildman–Crippen MR) is 215 cm³/mol. The van der Waals surface area contributed by atoms with Crippen LogP contribution in [0.2, 0.25) is 0 Å². The highest BCUT2D eigenvalue weighted by Crippen LogP contribution is 2.39. The Bertz CT molecular complexity index is 2100. The summed E-state index contributed by atoms with van der Waals surface area (Å²) in [6.45, 7) is 11.2. The number of allylic oxidation sites excluding steroid dienone is 1. The van der Waals surface area contributed by atoms with E-state index >= 15 is 4.39 Å². The lowest BCUT2D eigenvalue weighted by Crippen LogP contribution is -2.60. The van der Waals surface area contributed by atoms with E-state index in [1.165, 1.54) is 41.8 Å². The third-order valence-electron chi connectivity index (χ3n) is 10.9. The summed E-state index contributed by atoms with van der Waals surface area (Å²) in [7, 11) is 1.46. The molecule has 2 aromatic heterocycles. The highest BCUT2D eigenvalue weighted by atomic mass is 32.1. The van der Waals surface area contributed by atoms with Crippen LogP contribution in [0.5, 0.6) is 0 Å². The molecule has 4 heterocycles. The Labute approximate surface area is 339 Å². The molecule has 6 bridgehead atoms. The summed E-state index contributed by atoms with van der Waals surface area (Å²) in [5.41, 5.74) is 3.65. The molecule has 6 rings (SSSR count). The number of esters is 1. The van der Waals surface area contributed by atoms with Crippen molar-refractivity contribution in [2.24, 2.45) is 16.3 Å². The number of rotatable bonds is 9. The van der Waals surface area contributed by atoms with Gasteiger partial charge in [0, 0.05) is 72.2 Å². The number of cyclic esters (lactones) is 1. The molecule has 3 atom stereocenters. The highest BCUT2D eigenvalue weighted by molar-refractivity contribution is 7.10. The number of carbonyl (C=O) groups is 3. The van der Waals surface area contributed by atoms with E-state index in [0.717, 1.165) is 31.7 Å². The molecule has 3 unspecified atom stereocenters. The number of aromatic nitrogens is 2. The number of fused-ring (bicyclic) bond motifs is 6. The van der Waals surface area contributed by atoms with Crippen LogP contribution in [0.15, 0.2) is 40.4 Å². The molecule has 2 aliphatic heterocycles.